The van der Waals surface area contributed by atoms with Gasteiger partial charge in [0.2, 0.25) is 0 Å². The Morgan fingerprint density at radius 3 is 2.94 bits per heavy atom. The smallest absolute Gasteiger partial charge is 0.0839 e. The molecule has 1 aliphatic heterocycles. The molecule has 1 aliphatic rings. The predicted molar refractivity (Wildman–Crippen MR) is 74.6 cm³/mol. The number of nitrogens with zero attached hydrogens (tertiary/aromatic N) is 2. The number of nitrogens with one attached hydrogen (secondary N) is 1. The van der Waals surface area contributed by atoms with Crippen molar-refractivity contribution >= 4 is 34.0 Å². The van der Waals surface area contributed by atoms with Gasteiger partial charge in [-0.15, -0.1) is 0 Å². The van der Waals surface area contributed by atoms with E-state index in [0.29, 0.717) is 0 Å². The molecule has 1 N–H and O–H groups in total. The minimum Gasteiger partial charge on any atom is -0.354 e. The highest BCUT2D eigenvalue weighted by atomic mass is 32.2. The maximum atomic E-state index is 4.34. The van der Waals surface area contributed by atoms with Gasteiger partial charge in [0.05, 0.1) is 28.0 Å². The van der Waals surface area contributed by atoms with Gasteiger partial charge in [-0.25, -0.2) is 0 Å². The summed E-state index contributed by atoms with van der Waals surface area (Å²) in [5.41, 5.74) is 3.53. The minimum atomic E-state index is 1.16. The first-order chi connectivity index (χ1) is 8.83. The molecule has 2 heterocycles. The van der Waals surface area contributed by atoms with Crippen LogP contribution in [0.5, 0.6) is 0 Å². The molecule has 18 heavy (non-hydrogen) atoms. The molecule has 2 aromatic carbocycles. The van der Waals surface area contributed by atoms with E-state index in [2.05, 4.69) is 46.8 Å². The Bertz CT molecular complexity index is 761. The van der Waals surface area contributed by atoms with Crippen LogP contribution in [0.1, 0.15) is 0 Å². The number of para-hydroxylation sites is 1. The van der Waals surface area contributed by atoms with E-state index >= 15 is 0 Å². The fraction of sp³-hybridized carbons (Fsp3) is 0.0714. The standard InChI is InChI=1S/C14H11N3S/c1-17-13-9(8-15-17)6-7-11-14(13)18-12-5-3-2-4-10(12)16-11/h2-8,16H,1H3. The molecule has 0 fully saturated rings. The van der Waals surface area contributed by atoms with Crippen molar-refractivity contribution in [1.82, 2.24) is 9.78 Å². The van der Waals surface area contributed by atoms with Crippen LogP contribution >= 0.6 is 11.8 Å². The monoisotopic (exact) mass is 253 g/mol. The third-order valence-electron chi connectivity index (χ3n) is 3.22. The summed E-state index contributed by atoms with van der Waals surface area (Å²) >= 11 is 1.81. The van der Waals surface area contributed by atoms with Crippen molar-refractivity contribution in [3.05, 3.63) is 42.6 Å². The van der Waals surface area contributed by atoms with Gasteiger partial charge in [-0.05, 0) is 24.3 Å². The molecule has 1 aromatic heterocycles. The molecule has 0 unspecified atom stereocenters. The van der Waals surface area contributed by atoms with Crippen LogP contribution in [0.25, 0.3) is 10.9 Å². The van der Waals surface area contributed by atoms with Gasteiger partial charge < -0.3 is 5.32 Å². The number of anilines is 2. The van der Waals surface area contributed by atoms with Gasteiger partial charge in [0.15, 0.2) is 0 Å². The van der Waals surface area contributed by atoms with Crippen molar-refractivity contribution in [3.63, 3.8) is 0 Å². The third kappa shape index (κ3) is 1.29. The van der Waals surface area contributed by atoms with Gasteiger partial charge in [0, 0.05) is 17.3 Å². The molecule has 0 saturated heterocycles. The lowest BCUT2D eigenvalue weighted by molar-refractivity contribution is 0.791. The summed E-state index contributed by atoms with van der Waals surface area (Å²) in [7, 11) is 1.99. The van der Waals surface area contributed by atoms with E-state index in [1.54, 1.807) is 0 Å². The van der Waals surface area contributed by atoms with E-state index in [0.717, 1.165) is 5.69 Å². The largest absolute Gasteiger partial charge is 0.354 e. The molecule has 0 radical (unpaired) electrons. The van der Waals surface area contributed by atoms with Crippen molar-refractivity contribution in [2.45, 2.75) is 9.79 Å². The maximum absolute atomic E-state index is 4.34. The van der Waals surface area contributed by atoms with E-state index in [9.17, 15) is 0 Å². The Balaban J connectivity index is 2.00. The van der Waals surface area contributed by atoms with Crippen molar-refractivity contribution in [2.24, 2.45) is 7.05 Å². The summed E-state index contributed by atoms with van der Waals surface area (Å²) in [4.78, 5) is 2.52. The first kappa shape index (κ1) is 10.0. The molecule has 88 valence electrons. The summed E-state index contributed by atoms with van der Waals surface area (Å²) in [6.07, 6.45) is 1.91. The van der Waals surface area contributed by atoms with Gasteiger partial charge in [0.1, 0.15) is 0 Å². The normalized spacial score (nSPS) is 12.9. The van der Waals surface area contributed by atoms with Crippen LogP contribution in [-0.2, 0) is 7.05 Å². The molecule has 4 rings (SSSR count). The quantitative estimate of drug-likeness (QED) is 0.517. The first-order valence-corrected chi connectivity index (χ1v) is 6.63. The fourth-order valence-electron chi connectivity index (χ4n) is 2.35. The van der Waals surface area contributed by atoms with E-state index in [4.69, 9.17) is 0 Å². The van der Waals surface area contributed by atoms with Crippen molar-refractivity contribution in [2.75, 3.05) is 5.32 Å². The van der Waals surface area contributed by atoms with E-state index in [1.165, 1.54) is 26.4 Å². The highest BCUT2D eigenvalue weighted by Crippen LogP contribution is 2.46. The van der Waals surface area contributed by atoms with Crippen molar-refractivity contribution < 1.29 is 0 Å². The predicted octanol–water partition coefficient (Wildman–Crippen LogP) is 3.78. The van der Waals surface area contributed by atoms with Gasteiger partial charge >= 0.3 is 0 Å². The molecule has 0 spiro atoms. The summed E-state index contributed by atoms with van der Waals surface area (Å²) in [6.45, 7) is 0. The first-order valence-electron chi connectivity index (χ1n) is 5.81. The Labute approximate surface area is 109 Å². The fourth-order valence-corrected chi connectivity index (χ4v) is 3.52. The van der Waals surface area contributed by atoms with E-state index in [-0.39, 0.29) is 0 Å². The molecular weight excluding hydrogens is 242 g/mol. The van der Waals surface area contributed by atoms with Gasteiger partial charge in [-0.3, -0.25) is 4.68 Å². The SMILES string of the molecule is Cn1ncc2ccc3c(c21)Sc1ccccc1N3. The van der Waals surface area contributed by atoms with Gasteiger partial charge in [-0.1, -0.05) is 23.9 Å². The van der Waals surface area contributed by atoms with Gasteiger partial charge in [0.25, 0.3) is 0 Å². The molecule has 0 bridgehead atoms. The Morgan fingerprint density at radius 1 is 1.11 bits per heavy atom. The maximum Gasteiger partial charge on any atom is 0.0839 e. The van der Waals surface area contributed by atoms with E-state index in [1.807, 2.05) is 29.7 Å². The topological polar surface area (TPSA) is 29.9 Å². The lowest BCUT2D eigenvalue weighted by Crippen LogP contribution is -2.01. The molecular formula is C14H11N3S. The highest BCUT2D eigenvalue weighted by Gasteiger charge is 2.19. The average molecular weight is 253 g/mol. The van der Waals surface area contributed by atoms with Crippen molar-refractivity contribution in [1.29, 1.82) is 0 Å². The molecule has 3 aromatic rings. The molecule has 4 heteroatoms. The third-order valence-corrected chi connectivity index (χ3v) is 4.42. The number of hydrogen-bond donors (Lipinski definition) is 1. The zero-order valence-corrected chi connectivity index (χ0v) is 10.7. The lowest BCUT2D eigenvalue weighted by atomic mass is 10.2. The van der Waals surface area contributed by atoms with Crippen LogP contribution in [-0.4, -0.2) is 9.78 Å². The summed E-state index contributed by atoms with van der Waals surface area (Å²) in [5, 5.41) is 9.01. The Kier molecular flexibility index (Phi) is 1.96. The number of aromatic nitrogens is 2. The highest BCUT2D eigenvalue weighted by molar-refractivity contribution is 8.00. The van der Waals surface area contributed by atoms with E-state index < -0.39 is 0 Å². The summed E-state index contributed by atoms with van der Waals surface area (Å²) in [5.74, 6) is 0. The van der Waals surface area contributed by atoms with Crippen molar-refractivity contribution in [3.8, 4) is 0 Å². The zero-order valence-electron chi connectivity index (χ0n) is 9.84. The second-order valence-electron chi connectivity index (χ2n) is 4.37. The second kappa shape index (κ2) is 3.53. The van der Waals surface area contributed by atoms with Crippen LogP contribution in [0.3, 0.4) is 0 Å². The summed E-state index contributed by atoms with van der Waals surface area (Å²) < 4.78 is 1.94. The Hall–Kier alpha value is -1.94. The van der Waals surface area contributed by atoms with Crippen LogP contribution < -0.4 is 5.32 Å². The molecule has 0 amide bonds. The van der Waals surface area contributed by atoms with Crippen LogP contribution in [0.15, 0.2) is 52.4 Å². The Morgan fingerprint density at radius 2 is 2.00 bits per heavy atom. The number of aryl methyl sites for hydroxylation is 1. The zero-order chi connectivity index (χ0) is 12.1. The number of rotatable bonds is 0. The molecule has 0 saturated carbocycles. The molecule has 3 nitrogen and oxygen atoms in total. The van der Waals surface area contributed by atoms with Crippen LogP contribution in [0.4, 0.5) is 11.4 Å². The lowest BCUT2D eigenvalue weighted by Gasteiger charge is -2.21. The van der Waals surface area contributed by atoms with Gasteiger partial charge in [-0.2, -0.15) is 5.10 Å². The second-order valence-corrected chi connectivity index (χ2v) is 5.42. The number of fused-ring (bicyclic) bond motifs is 4. The van der Waals surface area contributed by atoms with Crippen LogP contribution in [0.2, 0.25) is 0 Å². The average Bonchev–Trinajstić information content (AvgIpc) is 2.78. The minimum absolute atomic E-state index is 1.16. The van der Waals surface area contributed by atoms with Crippen LogP contribution in [0, 0.1) is 0 Å². The summed E-state index contributed by atoms with van der Waals surface area (Å²) in [6, 6.07) is 12.6. The molecule has 0 atom stereocenters. The number of benzene rings is 2. The number of hydrogen-bond acceptors (Lipinski definition) is 3. The molecule has 0 aliphatic carbocycles.